The van der Waals surface area contributed by atoms with Crippen molar-refractivity contribution in [1.82, 2.24) is 20.6 Å². The first kappa shape index (κ1) is 24.1. The van der Waals surface area contributed by atoms with Gasteiger partial charge in [0.1, 0.15) is 11.5 Å². The predicted molar refractivity (Wildman–Crippen MR) is 116 cm³/mol. The molecule has 2 aromatic rings. The Hall–Kier alpha value is -3.50. The number of aromatic nitrogens is 2. The van der Waals surface area contributed by atoms with Crippen molar-refractivity contribution < 1.29 is 22.4 Å². The summed E-state index contributed by atoms with van der Waals surface area (Å²) >= 11 is 0. The Morgan fingerprint density at radius 2 is 1.91 bits per heavy atom. The molecule has 1 saturated heterocycles. The molecule has 0 atom stereocenters. The third-order valence-electron chi connectivity index (χ3n) is 5.50. The third-order valence-corrected chi connectivity index (χ3v) is 5.50. The molecular formula is C22H24F4N6O. The van der Waals surface area contributed by atoms with Crippen LogP contribution in [0.25, 0.3) is 5.70 Å². The van der Waals surface area contributed by atoms with E-state index in [9.17, 15) is 22.4 Å². The van der Waals surface area contributed by atoms with E-state index in [0.717, 1.165) is 18.5 Å². The standard InChI is InChI=1S/C22H24F4N6O/c1-12(9-27)19(28-2)20-17(25)11-30-22(31-20)32-5-3-13(4-6-32)21(33)29-10-14-7-15(23)8-16(24)18(14)26/h7-9,11,13,27-28H,3-6,10H2,1-2H3,(H,29,33)/b19-12-,27-9?. The number of rotatable bonds is 7. The number of carbonyl (C=O) groups is 1. The molecule has 11 heteroatoms. The molecule has 3 rings (SSSR count). The predicted octanol–water partition coefficient (Wildman–Crippen LogP) is 3.17. The van der Waals surface area contributed by atoms with Gasteiger partial charge in [0.15, 0.2) is 17.5 Å². The monoisotopic (exact) mass is 464 g/mol. The van der Waals surface area contributed by atoms with Crippen molar-refractivity contribution in [2.24, 2.45) is 5.92 Å². The van der Waals surface area contributed by atoms with Crippen LogP contribution in [0.3, 0.4) is 0 Å². The molecule has 1 aromatic carbocycles. The van der Waals surface area contributed by atoms with Gasteiger partial charge in [-0.3, -0.25) is 4.79 Å². The highest BCUT2D eigenvalue weighted by atomic mass is 19.2. The topological polar surface area (TPSA) is 94.0 Å². The van der Waals surface area contributed by atoms with E-state index in [4.69, 9.17) is 5.41 Å². The highest BCUT2D eigenvalue weighted by Crippen LogP contribution is 2.24. The molecule has 1 aliphatic heterocycles. The molecule has 2 heterocycles. The minimum atomic E-state index is -1.31. The summed E-state index contributed by atoms with van der Waals surface area (Å²) in [7, 11) is 1.61. The van der Waals surface area contributed by atoms with Crippen molar-refractivity contribution in [2.45, 2.75) is 26.3 Å². The highest BCUT2D eigenvalue weighted by Gasteiger charge is 2.27. The maximum atomic E-state index is 14.3. The van der Waals surface area contributed by atoms with Crippen LogP contribution in [0, 0.1) is 34.6 Å². The first-order valence-corrected chi connectivity index (χ1v) is 10.3. The molecule has 0 aliphatic carbocycles. The molecule has 0 unspecified atom stereocenters. The van der Waals surface area contributed by atoms with E-state index in [-0.39, 0.29) is 29.6 Å². The van der Waals surface area contributed by atoms with E-state index in [2.05, 4.69) is 20.6 Å². The number of nitrogens with one attached hydrogen (secondary N) is 3. The number of carbonyl (C=O) groups excluding carboxylic acids is 1. The van der Waals surface area contributed by atoms with Crippen molar-refractivity contribution in [3.05, 3.63) is 58.4 Å². The Labute approximate surface area is 188 Å². The summed E-state index contributed by atoms with van der Waals surface area (Å²) in [5.74, 6) is -4.47. The molecule has 176 valence electrons. The SMILES string of the molecule is CN/C(=C(/C)C=N)c1nc(N2CCC(C(=O)NCc3cc(F)cc(F)c3F)CC2)ncc1F. The molecule has 7 nitrogen and oxygen atoms in total. The van der Waals surface area contributed by atoms with E-state index in [1.165, 1.54) is 0 Å². The Morgan fingerprint density at radius 3 is 2.55 bits per heavy atom. The van der Waals surface area contributed by atoms with Crippen molar-refractivity contribution in [3.8, 4) is 0 Å². The number of amides is 1. The fraction of sp³-hybridized carbons (Fsp3) is 0.364. The minimum absolute atomic E-state index is 0.0488. The van der Waals surface area contributed by atoms with E-state index in [0.29, 0.717) is 49.2 Å². The lowest BCUT2D eigenvalue weighted by Crippen LogP contribution is -2.41. The van der Waals surface area contributed by atoms with Gasteiger partial charge in [-0.05, 0) is 31.4 Å². The van der Waals surface area contributed by atoms with Gasteiger partial charge in [0.25, 0.3) is 0 Å². The van der Waals surface area contributed by atoms with Gasteiger partial charge in [-0.1, -0.05) is 0 Å². The van der Waals surface area contributed by atoms with E-state index in [1.807, 2.05) is 4.90 Å². The van der Waals surface area contributed by atoms with Crippen LogP contribution in [0.15, 0.2) is 23.9 Å². The van der Waals surface area contributed by atoms with Crippen LogP contribution in [0.5, 0.6) is 0 Å². The lowest BCUT2D eigenvalue weighted by molar-refractivity contribution is -0.125. The van der Waals surface area contributed by atoms with Crippen LogP contribution in [-0.4, -0.2) is 42.2 Å². The average molecular weight is 464 g/mol. The van der Waals surface area contributed by atoms with E-state index >= 15 is 0 Å². The number of benzene rings is 1. The third kappa shape index (κ3) is 5.47. The van der Waals surface area contributed by atoms with Gasteiger partial charge in [0.05, 0.1) is 11.9 Å². The van der Waals surface area contributed by atoms with Crippen LogP contribution in [0.2, 0.25) is 0 Å². The van der Waals surface area contributed by atoms with Gasteiger partial charge in [0.2, 0.25) is 11.9 Å². The maximum Gasteiger partial charge on any atom is 0.226 e. The molecule has 0 radical (unpaired) electrons. The first-order chi connectivity index (χ1) is 15.7. The van der Waals surface area contributed by atoms with E-state index < -0.39 is 23.3 Å². The molecule has 1 aromatic heterocycles. The number of hydrogen-bond acceptors (Lipinski definition) is 6. The number of halogens is 4. The summed E-state index contributed by atoms with van der Waals surface area (Å²) in [6.07, 6.45) is 3.05. The Kier molecular flexibility index (Phi) is 7.62. The summed E-state index contributed by atoms with van der Waals surface area (Å²) in [5.41, 5.74) is 0.666. The lowest BCUT2D eigenvalue weighted by Gasteiger charge is -2.31. The Balaban J connectivity index is 1.64. The van der Waals surface area contributed by atoms with E-state index in [1.54, 1.807) is 14.0 Å². The van der Waals surface area contributed by atoms with Gasteiger partial charge < -0.3 is 20.9 Å². The van der Waals surface area contributed by atoms with Crippen LogP contribution in [0.1, 0.15) is 31.0 Å². The molecule has 3 N–H and O–H groups in total. The molecule has 1 aliphatic rings. The van der Waals surface area contributed by atoms with Crippen LogP contribution in [0.4, 0.5) is 23.5 Å². The molecule has 1 fully saturated rings. The van der Waals surface area contributed by atoms with Gasteiger partial charge in [-0.25, -0.2) is 27.5 Å². The summed E-state index contributed by atoms with van der Waals surface area (Å²) in [4.78, 5) is 22.7. The summed E-state index contributed by atoms with van der Waals surface area (Å²) in [5, 5.41) is 12.8. The summed E-state index contributed by atoms with van der Waals surface area (Å²) in [6.45, 7) is 2.19. The first-order valence-electron chi connectivity index (χ1n) is 10.3. The molecule has 0 spiro atoms. The van der Waals surface area contributed by atoms with Gasteiger partial charge in [0, 0.05) is 50.4 Å². The second-order valence-corrected chi connectivity index (χ2v) is 7.66. The fourth-order valence-corrected chi connectivity index (χ4v) is 3.67. The minimum Gasteiger partial charge on any atom is -0.386 e. The fourth-order valence-electron chi connectivity index (χ4n) is 3.67. The van der Waals surface area contributed by atoms with Gasteiger partial charge >= 0.3 is 0 Å². The van der Waals surface area contributed by atoms with Crippen molar-refractivity contribution in [3.63, 3.8) is 0 Å². The highest BCUT2D eigenvalue weighted by molar-refractivity contribution is 5.87. The number of piperidine rings is 1. The Morgan fingerprint density at radius 1 is 1.21 bits per heavy atom. The van der Waals surface area contributed by atoms with Crippen LogP contribution in [-0.2, 0) is 11.3 Å². The van der Waals surface area contributed by atoms with Crippen molar-refractivity contribution in [1.29, 1.82) is 5.41 Å². The zero-order chi connectivity index (χ0) is 24.1. The van der Waals surface area contributed by atoms with Crippen LogP contribution >= 0.6 is 0 Å². The Bertz CT molecular complexity index is 1080. The number of anilines is 1. The van der Waals surface area contributed by atoms with Gasteiger partial charge in [-0.15, -0.1) is 0 Å². The molecule has 33 heavy (non-hydrogen) atoms. The second-order valence-electron chi connectivity index (χ2n) is 7.66. The summed E-state index contributed by atoms with van der Waals surface area (Å²) < 4.78 is 54.7. The number of nitrogens with zero attached hydrogens (tertiary/aromatic N) is 3. The smallest absolute Gasteiger partial charge is 0.226 e. The molecule has 0 saturated carbocycles. The largest absolute Gasteiger partial charge is 0.386 e. The average Bonchev–Trinajstić information content (AvgIpc) is 2.81. The molecule has 0 bridgehead atoms. The zero-order valence-corrected chi connectivity index (χ0v) is 18.2. The maximum absolute atomic E-state index is 14.3. The van der Waals surface area contributed by atoms with Crippen molar-refractivity contribution in [2.75, 3.05) is 25.0 Å². The van der Waals surface area contributed by atoms with Gasteiger partial charge in [-0.2, -0.15) is 0 Å². The lowest BCUT2D eigenvalue weighted by atomic mass is 9.96. The zero-order valence-electron chi connectivity index (χ0n) is 18.2. The van der Waals surface area contributed by atoms with Crippen LogP contribution < -0.4 is 15.5 Å². The number of hydrogen-bond donors (Lipinski definition) is 3. The quantitative estimate of drug-likeness (QED) is 0.333. The number of allylic oxidation sites excluding steroid dienone is 1. The molecular weight excluding hydrogens is 440 g/mol. The molecule has 1 amide bonds. The second kappa shape index (κ2) is 10.4. The normalized spacial score (nSPS) is 15.2. The summed E-state index contributed by atoms with van der Waals surface area (Å²) in [6, 6.07) is 1.29. The van der Waals surface area contributed by atoms with Crippen molar-refractivity contribution >= 4 is 23.8 Å².